The van der Waals surface area contributed by atoms with E-state index in [1.165, 1.54) is 5.56 Å². The van der Waals surface area contributed by atoms with E-state index < -0.39 is 0 Å². The quantitative estimate of drug-likeness (QED) is 0.363. The Kier molecular flexibility index (Phi) is 5.96. The predicted octanol–water partition coefficient (Wildman–Crippen LogP) is 5.78. The highest BCUT2D eigenvalue weighted by atomic mass is 32.1. The van der Waals surface area contributed by atoms with Gasteiger partial charge in [0.25, 0.3) is 0 Å². The highest BCUT2D eigenvalue weighted by Gasteiger charge is 2.51. The van der Waals surface area contributed by atoms with E-state index >= 15 is 0 Å². The number of hydrogen-bond donors (Lipinski definition) is 3. The van der Waals surface area contributed by atoms with Crippen molar-refractivity contribution >= 4 is 29.9 Å². The van der Waals surface area contributed by atoms with Gasteiger partial charge >= 0.3 is 0 Å². The van der Waals surface area contributed by atoms with E-state index in [9.17, 15) is 4.79 Å². The summed E-state index contributed by atoms with van der Waals surface area (Å²) in [4.78, 5) is 13.4. The highest BCUT2D eigenvalue weighted by Crippen LogP contribution is 2.53. The molecule has 0 aromatic heterocycles. The number of fused-ring (bicyclic) bond motifs is 2. The molecule has 3 aromatic rings. The topological polar surface area (TPSA) is 64.3 Å². The second kappa shape index (κ2) is 8.67. The van der Waals surface area contributed by atoms with Crippen LogP contribution in [-0.4, -0.2) is 13.0 Å². The summed E-state index contributed by atoms with van der Waals surface area (Å²) in [7, 11) is 1.63. The number of carbonyl (C=O) groups excluding carboxylic acids is 1. The number of nitrogens with two attached hydrogens (primary N) is 1. The minimum atomic E-state index is -0.310. The molecule has 3 N–H and O–H groups in total. The Morgan fingerprint density at radius 3 is 2.32 bits per heavy atom. The predicted molar refractivity (Wildman–Crippen MR) is 129 cm³/mol. The first-order valence-corrected chi connectivity index (χ1v) is 11.0. The molecular weight excluding hydrogens is 404 g/mol. The molecule has 1 amide bonds. The number of ether oxygens (including phenoxy) is 1. The lowest BCUT2D eigenvalue weighted by Gasteiger charge is -2.36. The second-order valence-corrected chi connectivity index (χ2v) is 8.71. The molecule has 0 radical (unpaired) electrons. The molecule has 1 aliphatic carbocycles. The summed E-state index contributed by atoms with van der Waals surface area (Å²) in [5, 5.41) is 3.14. The molecular formula is C26H28N2O2S. The van der Waals surface area contributed by atoms with Gasteiger partial charge in [0.15, 0.2) is 0 Å². The normalized spacial score (nSPS) is 16.4. The van der Waals surface area contributed by atoms with Gasteiger partial charge in [-0.25, -0.2) is 0 Å². The van der Waals surface area contributed by atoms with E-state index in [0.717, 1.165) is 52.4 Å². The lowest BCUT2D eigenvalue weighted by atomic mass is 9.65. The zero-order chi connectivity index (χ0) is 22.0. The molecule has 160 valence electrons. The zero-order valence-electron chi connectivity index (χ0n) is 17.9. The van der Waals surface area contributed by atoms with Crippen LogP contribution >= 0.6 is 12.6 Å². The van der Waals surface area contributed by atoms with Crippen molar-refractivity contribution in [2.45, 2.75) is 42.4 Å². The van der Waals surface area contributed by atoms with Crippen molar-refractivity contribution in [2.75, 3.05) is 18.2 Å². The maximum absolute atomic E-state index is 12.5. The minimum Gasteiger partial charge on any atom is -0.496 e. The number of para-hydroxylation sites is 1. The molecule has 4 nitrogen and oxygen atoms in total. The Morgan fingerprint density at radius 2 is 1.74 bits per heavy atom. The summed E-state index contributed by atoms with van der Waals surface area (Å²) in [5.74, 6) is 1.18. The van der Waals surface area contributed by atoms with Gasteiger partial charge in [0.2, 0.25) is 5.91 Å². The third-order valence-electron chi connectivity index (χ3n) is 6.44. The highest BCUT2D eigenvalue weighted by molar-refractivity contribution is 7.80. The number of benzene rings is 3. The number of hydrogen-bond acceptors (Lipinski definition) is 4. The van der Waals surface area contributed by atoms with E-state index in [0.29, 0.717) is 0 Å². The van der Waals surface area contributed by atoms with Gasteiger partial charge in [-0.05, 0) is 53.8 Å². The fourth-order valence-electron chi connectivity index (χ4n) is 4.48. The van der Waals surface area contributed by atoms with Gasteiger partial charge in [0.1, 0.15) is 5.75 Å². The molecule has 31 heavy (non-hydrogen) atoms. The zero-order valence-corrected chi connectivity index (χ0v) is 18.8. The average Bonchev–Trinajstić information content (AvgIpc) is 3.06. The molecule has 3 aromatic carbocycles. The molecule has 1 atom stereocenters. The second-order valence-electron chi connectivity index (χ2n) is 8.23. The third-order valence-corrected chi connectivity index (χ3v) is 6.81. The Hall–Kier alpha value is -2.92. The van der Waals surface area contributed by atoms with Crippen molar-refractivity contribution in [2.24, 2.45) is 0 Å². The lowest BCUT2D eigenvalue weighted by Crippen LogP contribution is -2.40. The van der Waals surface area contributed by atoms with Crippen LogP contribution < -0.4 is 15.8 Å². The van der Waals surface area contributed by atoms with Crippen molar-refractivity contribution in [1.82, 2.24) is 0 Å². The van der Waals surface area contributed by atoms with Crippen LogP contribution in [0.1, 0.15) is 48.8 Å². The molecule has 1 unspecified atom stereocenters. The minimum absolute atomic E-state index is 0.154. The van der Waals surface area contributed by atoms with Crippen LogP contribution in [0, 0.1) is 0 Å². The summed E-state index contributed by atoms with van der Waals surface area (Å²) >= 11 is 4.15. The SMILES string of the molecule is CC(c1ccccc1)c1cc(N)cc2c1NC(=O)C21CCC1.COc1ccccc1S. The fraction of sp³-hybridized carbons (Fsp3) is 0.269. The number of nitrogen functional groups attached to an aromatic ring is 1. The first-order chi connectivity index (χ1) is 15.0. The maximum Gasteiger partial charge on any atom is 0.235 e. The smallest absolute Gasteiger partial charge is 0.235 e. The largest absolute Gasteiger partial charge is 0.496 e. The molecule has 0 bridgehead atoms. The monoisotopic (exact) mass is 432 g/mol. The summed E-state index contributed by atoms with van der Waals surface area (Å²) in [6, 6.07) is 22.0. The fourth-order valence-corrected chi connectivity index (χ4v) is 4.73. The number of rotatable bonds is 3. The van der Waals surface area contributed by atoms with Gasteiger partial charge in [-0.2, -0.15) is 0 Å². The Balaban J connectivity index is 0.000000217. The summed E-state index contributed by atoms with van der Waals surface area (Å²) in [6.45, 7) is 2.17. The maximum atomic E-state index is 12.5. The number of amides is 1. The Morgan fingerprint density at radius 1 is 1.06 bits per heavy atom. The van der Waals surface area contributed by atoms with Crippen LogP contribution in [0.4, 0.5) is 11.4 Å². The Bertz CT molecular complexity index is 1090. The molecule has 1 heterocycles. The summed E-state index contributed by atoms with van der Waals surface area (Å²) in [6.07, 6.45) is 2.99. The van der Waals surface area contributed by atoms with Gasteiger partial charge in [0.05, 0.1) is 12.5 Å². The van der Waals surface area contributed by atoms with Gasteiger partial charge in [-0.3, -0.25) is 4.79 Å². The third kappa shape index (κ3) is 3.90. The number of thiol groups is 1. The Labute approximate surface area is 189 Å². The average molecular weight is 433 g/mol. The summed E-state index contributed by atoms with van der Waals surface area (Å²) in [5.41, 5.74) is 11.1. The van der Waals surface area contributed by atoms with Gasteiger partial charge in [0, 0.05) is 22.2 Å². The molecule has 1 aliphatic heterocycles. The molecule has 5 heteroatoms. The van der Waals surface area contributed by atoms with Crippen LogP contribution in [-0.2, 0) is 10.2 Å². The van der Waals surface area contributed by atoms with Gasteiger partial charge in [-0.15, -0.1) is 12.6 Å². The van der Waals surface area contributed by atoms with Gasteiger partial charge < -0.3 is 15.8 Å². The number of nitrogens with one attached hydrogen (secondary N) is 1. The molecule has 1 fully saturated rings. The van der Waals surface area contributed by atoms with E-state index in [1.807, 2.05) is 54.6 Å². The van der Waals surface area contributed by atoms with Crippen molar-refractivity contribution in [3.63, 3.8) is 0 Å². The molecule has 5 rings (SSSR count). The first kappa shape index (κ1) is 21.3. The van der Waals surface area contributed by atoms with Gasteiger partial charge in [-0.1, -0.05) is 55.8 Å². The van der Waals surface area contributed by atoms with Crippen molar-refractivity contribution in [3.8, 4) is 5.75 Å². The van der Waals surface area contributed by atoms with Crippen LogP contribution in [0.3, 0.4) is 0 Å². The van der Waals surface area contributed by atoms with Crippen LogP contribution in [0.25, 0.3) is 0 Å². The first-order valence-electron chi connectivity index (χ1n) is 10.6. The van der Waals surface area contributed by atoms with E-state index in [2.05, 4.69) is 37.0 Å². The molecule has 2 aliphatic rings. The standard InChI is InChI=1S/C19H20N2O.C7H8OS/c1-12(13-6-3-2-4-7-13)15-10-14(20)11-16-17(15)21-18(22)19(16)8-5-9-19;1-8-6-4-2-3-5-7(6)9/h2-4,6-7,10-12H,5,8-9,20H2,1H3,(H,21,22);2-5,9H,1H3. The van der Waals surface area contributed by atoms with Crippen LogP contribution in [0.5, 0.6) is 5.75 Å². The molecule has 1 saturated carbocycles. The van der Waals surface area contributed by atoms with E-state index in [-0.39, 0.29) is 17.2 Å². The molecule has 1 spiro atoms. The van der Waals surface area contributed by atoms with Crippen LogP contribution in [0.2, 0.25) is 0 Å². The number of carbonyl (C=O) groups is 1. The number of methoxy groups -OCH3 is 1. The van der Waals surface area contributed by atoms with Crippen molar-refractivity contribution < 1.29 is 9.53 Å². The van der Waals surface area contributed by atoms with Crippen LogP contribution in [0.15, 0.2) is 71.6 Å². The van der Waals surface area contributed by atoms with Crippen molar-refractivity contribution in [3.05, 3.63) is 83.4 Å². The number of anilines is 2. The lowest BCUT2D eigenvalue weighted by molar-refractivity contribution is -0.123. The van der Waals surface area contributed by atoms with E-state index in [4.69, 9.17) is 10.5 Å². The van der Waals surface area contributed by atoms with E-state index in [1.54, 1.807) is 7.11 Å². The molecule has 0 saturated heterocycles. The van der Waals surface area contributed by atoms with Crippen molar-refractivity contribution in [1.29, 1.82) is 0 Å². The summed E-state index contributed by atoms with van der Waals surface area (Å²) < 4.78 is 4.97.